The molecule has 0 amide bonds. The molecule has 2 saturated heterocycles. The molecule has 2 aromatic rings. The second-order valence-corrected chi connectivity index (χ2v) is 13.6. The minimum atomic E-state index is -0.866. The quantitative estimate of drug-likeness (QED) is 0.286. The molecular weight excluding hydrogens is 610 g/mol. The van der Waals surface area contributed by atoms with Crippen LogP contribution in [-0.4, -0.2) is 83.8 Å². The lowest BCUT2D eigenvalue weighted by Crippen LogP contribution is -2.70. The van der Waals surface area contributed by atoms with Gasteiger partial charge in [-0.15, -0.1) is 18.2 Å². The third-order valence-electron chi connectivity index (χ3n) is 10.1. The first-order chi connectivity index (χ1) is 22.2. The topological polar surface area (TPSA) is 133 Å². The first-order valence-electron chi connectivity index (χ1n) is 15.8. The minimum Gasteiger partial charge on any atom is -0.504 e. The van der Waals surface area contributed by atoms with Crippen LogP contribution in [0.4, 0.5) is 0 Å². The number of cyclic esters (lactones) is 1. The van der Waals surface area contributed by atoms with Crippen LogP contribution < -0.4 is 24.7 Å². The van der Waals surface area contributed by atoms with Gasteiger partial charge in [0.15, 0.2) is 23.0 Å². The second-order valence-electron chi connectivity index (χ2n) is 12.4. The smallest absolute Gasteiger partial charge is 0.323 e. The Morgan fingerprint density at radius 3 is 2.63 bits per heavy atom. The number of fused-ring (bicyclic) bond motifs is 9. The number of benzene rings is 2. The molecule has 12 heteroatoms. The van der Waals surface area contributed by atoms with Crippen LogP contribution in [0.2, 0.25) is 0 Å². The van der Waals surface area contributed by atoms with Crippen molar-refractivity contribution in [2.45, 2.75) is 82.0 Å². The van der Waals surface area contributed by atoms with E-state index < -0.39 is 35.3 Å². The van der Waals surface area contributed by atoms with Crippen LogP contribution in [0, 0.1) is 19.3 Å². The van der Waals surface area contributed by atoms with Crippen molar-refractivity contribution in [3.8, 4) is 41.1 Å². The van der Waals surface area contributed by atoms with E-state index in [-0.39, 0.29) is 43.0 Å². The Bertz CT molecular complexity index is 1670. The van der Waals surface area contributed by atoms with E-state index >= 15 is 0 Å². The van der Waals surface area contributed by atoms with Crippen molar-refractivity contribution in [2.24, 2.45) is 5.73 Å². The lowest BCUT2D eigenvalue weighted by atomic mass is 9.71. The molecule has 11 nitrogen and oxygen atoms in total. The Kier molecular flexibility index (Phi) is 7.79. The Balaban J connectivity index is 1.58. The zero-order valence-corrected chi connectivity index (χ0v) is 27.4. The SMILES string of the molecule is C#C[C@H]1[C@@H]2Cc3cc(C)c(OC)c(O)c3[C@@H]([C@@H]3[C@@H]4SC[C@H](N)C(=O)OC[C@@H](c5c6c(c(CC)c(OC(C)=O)c54)OCO6)N31)N2CC. The maximum absolute atomic E-state index is 13.1. The Labute approximate surface area is 272 Å². The largest absolute Gasteiger partial charge is 0.504 e. The summed E-state index contributed by atoms with van der Waals surface area (Å²) in [6.45, 7) is 8.03. The summed E-state index contributed by atoms with van der Waals surface area (Å²) < 4.78 is 30.0. The molecule has 7 atom stereocenters. The fraction of sp³-hybridized carbons (Fsp3) is 0.529. The molecule has 5 aliphatic heterocycles. The monoisotopic (exact) mass is 649 g/mol. The van der Waals surface area contributed by atoms with Gasteiger partial charge in [-0.25, -0.2) is 0 Å². The van der Waals surface area contributed by atoms with Crippen molar-refractivity contribution in [3.05, 3.63) is 39.4 Å². The fourth-order valence-electron chi connectivity index (χ4n) is 8.52. The van der Waals surface area contributed by atoms with Crippen molar-refractivity contribution >= 4 is 23.7 Å². The molecule has 0 aliphatic carbocycles. The van der Waals surface area contributed by atoms with Crippen LogP contribution in [-0.2, 0) is 27.2 Å². The van der Waals surface area contributed by atoms with Crippen LogP contribution in [0.15, 0.2) is 6.07 Å². The average molecular weight is 650 g/mol. The van der Waals surface area contributed by atoms with Gasteiger partial charge in [-0.3, -0.25) is 19.4 Å². The molecule has 244 valence electrons. The summed E-state index contributed by atoms with van der Waals surface area (Å²) in [5.74, 6) is 4.47. The van der Waals surface area contributed by atoms with Gasteiger partial charge in [-0.2, -0.15) is 0 Å². The van der Waals surface area contributed by atoms with Crippen molar-refractivity contribution in [1.82, 2.24) is 9.80 Å². The maximum atomic E-state index is 13.1. The first kappa shape index (κ1) is 31.0. The minimum absolute atomic E-state index is 0.00470. The average Bonchev–Trinajstić information content (AvgIpc) is 3.51. The number of rotatable bonds is 4. The van der Waals surface area contributed by atoms with E-state index in [1.54, 1.807) is 7.11 Å². The number of piperazine rings is 1. The highest BCUT2D eigenvalue weighted by Crippen LogP contribution is 2.64. The highest BCUT2D eigenvalue weighted by atomic mass is 32.2. The summed E-state index contributed by atoms with van der Waals surface area (Å²) >= 11 is 1.50. The number of terminal acetylenes is 1. The zero-order valence-electron chi connectivity index (χ0n) is 26.6. The molecule has 4 bridgehead atoms. The van der Waals surface area contributed by atoms with Gasteiger partial charge in [-0.1, -0.05) is 25.8 Å². The summed E-state index contributed by atoms with van der Waals surface area (Å²) in [7, 11) is 1.56. The van der Waals surface area contributed by atoms with E-state index in [1.165, 1.54) is 18.7 Å². The van der Waals surface area contributed by atoms with Gasteiger partial charge in [0.2, 0.25) is 6.79 Å². The molecule has 2 aromatic carbocycles. The van der Waals surface area contributed by atoms with E-state index in [1.807, 2.05) is 13.8 Å². The summed E-state index contributed by atoms with van der Waals surface area (Å²) in [4.78, 5) is 30.5. The van der Waals surface area contributed by atoms with Gasteiger partial charge >= 0.3 is 11.9 Å². The van der Waals surface area contributed by atoms with E-state index in [0.29, 0.717) is 42.4 Å². The van der Waals surface area contributed by atoms with Crippen molar-refractivity contribution in [1.29, 1.82) is 0 Å². The molecule has 0 saturated carbocycles. The second kappa shape index (κ2) is 11.6. The number of carbonyl (C=O) groups is 2. The summed E-state index contributed by atoms with van der Waals surface area (Å²) in [5.41, 5.74) is 11.3. The molecule has 5 aliphatic rings. The number of carbonyl (C=O) groups excluding carboxylic acids is 2. The Morgan fingerprint density at radius 2 is 1.96 bits per heavy atom. The number of hydrogen-bond acceptors (Lipinski definition) is 12. The number of likely N-dealkylation sites (N-methyl/N-ethyl adjacent to an activating group) is 1. The highest BCUT2D eigenvalue weighted by molar-refractivity contribution is 7.99. The van der Waals surface area contributed by atoms with Crippen molar-refractivity contribution < 1.29 is 38.4 Å². The number of thioether (sulfide) groups is 1. The molecule has 0 unspecified atom stereocenters. The number of hydrogen-bond donors (Lipinski definition) is 2. The predicted octanol–water partition coefficient (Wildman–Crippen LogP) is 3.31. The Morgan fingerprint density at radius 1 is 1.20 bits per heavy atom. The third-order valence-corrected chi connectivity index (χ3v) is 11.6. The Hall–Kier alpha value is -3.63. The van der Waals surface area contributed by atoms with Gasteiger partial charge in [0.05, 0.1) is 30.5 Å². The number of phenolic OH excluding ortho intramolecular Hbond substituents is 1. The van der Waals surface area contributed by atoms with Crippen LogP contribution in [0.25, 0.3) is 0 Å². The molecule has 0 aromatic heterocycles. The lowest BCUT2D eigenvalue weighted by molar-refractivity contribution is -0.150. The highest BCUT2D eigenvalue weighted by Gasteiger charge is 2.60. The molecular formula is C34H39N3O8S. The molecule has 5 heterocycles. The first-order valence-corrected chi connectivity index (χ1v) is 16.8. The van der Waals surface area contributed by atoms with Gasteiger partial charge in [-0.05, 0) is 37.4 Å². The van der Waals surface area contributed by atoms with Gasteiger partial charge in [0.25, 0.3) is 0 Å². The summed E-state index contributed by atoms with van der Waals surface area (Å²) in [5, 5.41) is 11.5. The number of nitrogens with zero attached hydrogens (tertiary/aromatic N) is 2. The number of esters is 2. The molecule has 0 radical (unpaired) electrons. The molecule has 2 fully saturated rings. The van der Waals surface area contributed by atoms with Gasteiger partial charge in [0, 0.05) is 47.0 Å². The molecule has 3 N–H and O–H groups in total. The van der Waals surface area contributed by atoms with E-state index in [4.69, 9.17) is 35.8 Å². The number of aromatic hydroxyl groups is 1. The fourth-order valence-corrected chi connectivity index (χ4v) is 9.96. The third kappa shape index (κ3) is 4.32. The molecule has 0 spiro atoms. The number of nitrogens with two attached hydrogens (primary N) is 1. The summed E-state index contributed by atoms with van der Waals surface area (Å²) in [6.07, 6.45) is 7.59. The molecule has 7 rings (SSSR count). The van der Waals surface area contributed by atoms with E-state index in [0.717, 1.165) is 33.4 Å². The number of phenols is 1. The van der Waals surface area contributed by atoms with Crippen LogP contribution >= 0.6 is 11.8 Å². The van der Waals surface area contributed by atoms with Crippen LogP contribution in [0.3, 0.4) is 0 Å². The van der Waals surface area contributed by atoms with Crippen molar-refractivity contribution in [2.75, 3.05) is 32.8 Å². The normalized spacial score (nSPS) is 29.6. The van der Waals surface area contributed by atoms with Crippen LogP contribution in [0.5, 0.6) is 28.7 Å². The van der Waals surface area contributed by atoms with Crippen LogP contribution in [0.1, 0.15) is 71.5 Å². The summed E-state index contributed by atoms with van der Waals surface area (Å²) in [6, 6.07) is -0.539. The number of ether oxygens (including phenoxy) is 5. The van der Waals surface area contributed by atoms with Gasteiger partial charge < -0.3 is 34.5 Å². The maximum Gasteiger partial charge on any atom is 0.323 e. The number of methoxy groups -OCH3 is 1. The lowest BCUT2D eigenvalue weighted by Gasteiger charge is -2.63. The predicted molar refractivity (Wildman–Crippen MR) is 170 cm³/mol. The standard InChI is InChI=1S/C34H39N3O8S/c1-7-18-30(45-16(5)38)25-24(32-31(18)43-14-44-32)22-12-42-34(40)19(35)13-46-33(25)27-26-23-17(10-15(4)29(41-6)28(23)39)11-21(36(26)9-3)20(8-2)37(22)27/h2,10,19-22,26-27,33,39H,7,9,11-14,35H2,1,3-6H3/t19-,20-,21-,22-,26-,27+,33+/m0/s1. The van der Waals surface area contributed by atoms with E-state index in [2.05, 4.69) is 28.7 Å². The molecule has 46 heavy (non-hydrogen) atoms. The van der Waals surface area contributed by atoms with Gasteiger partial charge in [0.1, 0.15) is 18.4 Å². The zero-order chi connectivity index (χ0) is 32.6. The van der Waals surface area contributed by atoms with E-state index in [9.17, 15) is 14.7 Å². The van der Waals surface area contributed by atoms with Crippen molar-refractivity contribution in [3.63, 3.8) is 0 Å². The number of aryl methyl sites for hydroxylation is 1.